The van der Waals surface area contributed by atoms with Crippen LogP contribution in [0, 0.1) is 29.1 Å². The predicted molar refractivity (Wildman–Crippen MR) is 121 cm³/mol. The van der Waals surface area contributed by atoms with E-state index in [2.05, 4.69) is 11.7 Å². The van der Waals surface area contributed by atoms with E-state index < -0.39 is 40.8 Å². The van der Waals surface area contributed by atoms with Crippen LogP contribution in [0.4, 0.5) is 22.0 Å². The zero-order chi connectivity index (χ0) is 24.5. The van der Waals surface area contributed by atoms with E-state index >= 15 is 0 Å². The van der Waals surface area contributed by atoms with E-state index in [0.717, 1.165) is 25.7 Å². The van der Waals surface area contributed by atoms with Gasteiger partial charge in [0.15, 0.2) is 0 Å². The Kier molecular flexibility index (Phi) is 15.8. The molecule has 1 rings (SSSR count). The Balaban J connectivity index is 1.99. The minimum atomic E-state index is -2.28. The monoisotopic (exact) mass is 478 g/mol. The largest absolute Gasteiger partial charge is 0.420 e. The van der Waals surface area contributed by atoms with Crippen LogP contribution in [0.2, 0.25) is 0 Å². The Morgan fingerprint density at radius 1 is 0.515 bits per heavy atom. The van der Waals surface area contributed by atoms with Gasteiger partial charge in [-0.05, 0) is 6.42 Å². The van der Waals surface area contributed by atoms with Gasteiger partial charge in [0, 0.05) is 6.42 Å². The van der Waals surface area contributed by atoms with E-state index in [1.807, 2.05) is 0 Å². The van der Waals surface area contributed by atoms with E-state index in [1.54, 1.807) is 0 Å². The number of halogens is 5. The molecule has 0 amide bonds. The summed E-state index contributed by atoms with van der Waals surface area (Å²) < 4.78 is 70.6. The third-order valence-corrected chi connectivity index (χ3v) is 5.87. The van der Waals surface area contributed by atoms with Crippen LogP contribution in [0.5, 0.6) is 5.75 Å². The maximum atomic E-state index is 13.5. The SMILES string of the molecule is CCCCCCCCCCCCCCCCCCCC(=O)Oc1c(F)c(F)c(F)c(F)c1F. The van der Waals surface area contributed by atoms with Crippen molar-refractivity contribution in [1.82, 2.24) is 0 Å². The first-order valence-electron chi connectivity index (χ1n) is 12.6. The first kappa shape index (κ1) is 29.4. The summed E-state index contributed by atoms with van der Waals surface area (Å²) in [6, 6.07) is 0. The summed E-state index contributed by atoms with van der Waals surface area (Å²) in [6.07, 6.45) is 20.0. The van der Waals surface area contributed by atoms with Crippen molar-refractivity contribution in [2.75, 3.05) is 0 Å². The molecule has 1 aromatic carbocycles. The number of unbranched alkanes of at least 4 members (excludes halogenated alkanes) is 16. The molecule has 0 aliphatic rings. The maximum absolute atomic E-state index is 13.5. The van der Waals surface area contributed by atoms with Crippen LogP contribution >= 0.6 is 0 Å². The summed E-state index contributed by atoms with van der Waals surface area (Å²) in [5.74, 6) is -13.4. The third-order valence-electron chi connectivity index (χ3n) is 5.87. The second-order valence-corrected chi connectivity index (χ2v) is 8.78. The van der Waals surface area contributed by atoms with Crippen LogP contribution < -0.4 is 4.74 Å². The van der Waals surface area contributed by atoms with Gasteiger partial charge >= 0.3 is 5.97 Å². The molecule has 0 fully saturated rings. The van der Waals surface area contributed by atoms with Gasteiger partial charge in [-0.1, -0.05) is 110 Å². The first-order chi connectivity index (χ1) is 15.9. The van der Waals surface area contributed by atoms with Crippen molar-refractivity contribution in [1.29, 1.82) is 0 Å². The molecule has 0 unspecified atom stereocenters. The lowest BCUT2D eigenvalue weighted by atomic mass is 10.0. The van der Waals surface area contributed by atoms with Crippen LogP contribution in [0.3, 0.4) is 0 Å². The van der Waals surface area contributed by atoms with Crippen molar-refractivity contribution in [3.8, 4) is 5.75 Å². The quantitative estimate of drug-likeness (QED) is 0.0494. The summed E-state index contributed by atoms with van der Waals surface area (Å²) in [6.45, 7) is 2.24. The third kappa shape index (κ3) is 11.9. The highest BCUT2D eigenvalue weighted by Gasteiger charge is 2.28. The summed E-state index contributed by atoms with van der Waals surface area (Å²) in [5.41, 5.74) is 0. The highest BCUT2D eigenvalue weighted by atomic mass is 19.2. The number of hydrogen-bond donors (Lipinski definition) is 0. The van der Waals surface area contributed by atoms with Gasteiger partial charge in [0.1, 0.15) is 0 Å². The molecule has 0 saturated heterocycles. The van der Waals surface area contributed by atoms with E-state index in [0.29, 0.717) is 6.42 Å². The average molecular weight is 479 g/mol. The molecule has 7 heteroatoms. The van der Waals surface area contributed by atoms with Crippen molar-refractivity contribution < 1.29 is 31.5 Å². The molecule has 0 aliphatic heterocycles. The Labute approximate surface area is 195 Å². The fourth-order valence-corrected chi connectivity index (χ4v) is 3.83. The number of benzene rings is 1. The van der Waals surface area contributed by atoms with Gasteiger partial charge in [-0.25, -0.2) is 13.2 Å². The molecule has 0 radical (unpaired) electrons. The molecule has 0 N–H and O–H groups in total. The summed E-state index contributed by atoms with van der Waals surface area (Å²) in [7, 11) is 0. The van der Waals surface area contributed by atoms with Gasteiger partial charge in [0.05, 0.1) is 0 Å². The fourth-order valence-electron chi connectivity index (χ4n) is 3.83. The van der Waals surface area contributed by atoms with Crippen molar-refractivity contribution in [3.05, 3.63) is 29.1 Å². The number of rotatable bonds is 19. The molecule has 0 spiro atoms. The van der Waals surface area contributed by atoms with Gasteiger partial charge in [-0.3, -0.25) is 4.79 Å². The normalized spacial score (nSPS) is 11.2. The lowest BCUT2D eigenvalue weighted by molar-refractivity contribution is -0.135. The Bertz CT molecular complexity index is 665. The highest BCUT2D eigenvalue weighted by Crippen LogP contribution is 2.29. The van der Waals surface area contributed by atoms with E-state index in [4.69, 9.17) is 0 Å². The molecule has 0 atom stereocenters. The lowest BCUT2D eigenvalue weighted by Crippen LogP contribution is -2.13. The molecule has 1 aromatic rings. The zero-order valence-electron chi connectivity index (χ0n) is 19.9. The number of esters is 1. The number of hydrogen-bond acceptors (Lipinski definition) is 2. The molecule has 0 aliphatic carbocycles. The molecule has 0 bridgehead atoms. The maximum Gasteiger partial charge on any atom is 0.311 e. The lowest BCUT2D eigenvalue weighted by Gasteiger charge is -2.08. The zero-order valence-corrected chi connectivity index (χ0v) is 19.9. The predicted octanol–water partition coefficient (Wildman–Crippen LogP) is 9.33. The van der Waals surface area contributed by atoms with Gasteiger partial charge in [-0.2, -0.15) is 8.78 Å². The summed E-state index contributed by atoms with van der Waals surface area (Å²) in [4.78, 5) is 11.7. The Morgan fingerprint density at radius 2 is 0.818 bits per heavy atom. The highest BCUT2D eigenvalue weighted by molar-refractivity contribution is 5.72. The molecule has 2 nitrogen and oxygen atoms in total. The summed E-state index contributed by atoms with van der Waals surface area (Å²) in [5, 5.41) is 0. The Hall–Kier alpha value is -1.66. The minimum Gasteiger partial charge on any atom is -0.420 e. The van der Waals surface area contributed by atoms with Crippen LogP contribution in [0.25, 0.3) is 0 Å². The van der Waals surface area contributed by atoms with E-state index in [9.17, 15) is 26.7 Å². The van der Waals surface area contributed by atoms with Crippen molar-refractivity contribution in [2.45, 2.75) is 122 Å². The standard InChI is InChI=1S/C26H39F5O2/c1-2-3-4-5-6-7-8-9-10-11-12-13-14-15-16-17-18-19-20(32)33-26-24(30)22(28)21(27)23(29)25(26)31/h2-19H2,1H3. The van der Waals surface area contributed by atoms with Crippen molar-refractivity contribution >= 4 is 5.97 Å². The average Bonchev–Trinajstić information content (AvgIpc) is 2.81. The number of ether oxygens (including phenoxy) is 1. The second-order valence-electron chi connectivity index (χ2n) is 8.78. The Morgan fingerprint density at radius 3 is 1.18 bits per heavy atom. The molecule has 33 heavy (non-hydrogen) atoms. The van der Waals surface area contributed by atoms with Crippen molar-refractivity contribution in [2.24, 2.45) is 0 Å². The molecule has 0 saturated carbocycles. The van der Waals surface area contributed by atoms with Crippen LogP contribution in [-0.4, -0.2) is 5.97 Å². The number of carbonyl (C=O) groups excluding carboxylic acids is 1. The molecule has 0 heterocycles. The van der Waals surface area contributed by atoms with Crippen LogP contribution in [-0.2, 0) is 4.79 Å². The van der Waals surface area contributed by atoms with Gasteiger partial charge in [0.25, 0.3) is 0 Å². The minimum absolute atomic E-state index is 0.141. The van der Waals surface area contributed by atoms with Crippen LogP contribution in [0.15, 0.2) is 0 Å². The number of carbonyl (C=O) groups is 1. The fraction of sp³-hybridized carbons (Fsp3) is 0.731. The second kappa shape index (κ2) is 17.8. The van der Waals surface area contributed by atoms with E-state index in [1.165, 1.54) is 77.0 Å². The van der Waals surface area contributed by atoms with E-state index in [-0.39, 0.29) is 6.42 Å². The topological polar surface area (TPSA) is 26.3 Å². The van der Waals surface area contributed by atoms with Gasteiger partial charge in [-0.15, -0.1) is 0 Å². The molecule has 190 valence electrons. The molecule has 0 aromatic heterocycles. The first-order valence-corrected chi connectivity index (χ1v) is 12.6. The molecular weight excluding hydrogens is 439 g/mol. The smallest absolute Gasteiger partial charge is 0.311 e. The molecular formula is C26H39F5O2. The van der Waals surface area contributed by atoms with Crippen molar-refractivity contribution in [3.63, 3.8) is 0 Å². The summed E-state index contributed by atoms with van der Waals surface area (Å²) >= 11 is 0. The van der Waals surface area contributed by atoms with Gasteiger partial charge < -0.3 is 4.74 Å². The van der Waals surface area contributed by atoms with Gasteiger partial charge in [0.2, 0.25) is 34.8 Å². The van der Waals surface area contributed by atoms with Crippen LogP contribution in [0.1, 0.15) is 122 Å².